The van der Waals surface area contributed by atoms with E-state index >= 15 is 0 Å². The Kier molecular flexibility index (Phi) is 6.50. The van der Waals surface area contributed by atoms with Crippen LogP contribution in [-0.4, -0.2) is 24.8 Å². The van der Waals surface area contributed by atoms with E-state index in [1.807, 2.05) is 0 Å². The Morgan fingerprint density at radius 2 is 1.82 bits per heavy atom. The maximum absolute atomic E-state index is 5.98. The predicted molar refractivity (Wildman–Crippen MR) is 74.4 cm³/mol. The van der Waals surface area contributed by atoms with Gasteiger partial charge in [0.25, 0.3) is 0 Å². The average molecular weight is 241 g/mol. The molecule has 2 nitrogen and oxygen atoms in total. The first-order valence-corrected chi connectivity index (χ1v) is 7.49. The first-order valence-electron chi connectivity index (χ1n) is 7.49. The van der Waals surface area contributed by atoms with Gasteiger partial charge in [0.05, 0.1) is 5.60 Å². The van der Waals surface area contributed by atoms with Crippen LogP contribution in [0.25, 0.3) is 0 Å². The number of ether oxygens (including phenoxy) is 1. The standard InChI is InChI=1S/C15H31NO/c1-5-12-16-14(15(3,4)17-6-2)13-10-8-7-9-11-13/h13-14,16H,5-12H2,1-4H3. The molecule has 1 atom stereocenters. The summed E-state index contributed by atoms with van der Waals surface area (Å²) in [6, 6.07) is 0.516. The first-order chi connectivity index (χ1) is 8.11. The van der Waals surface area contributed by atoms with Crippen molar-refractivity contribution in [2.45, 2.75) is 77.9 Å². The monoisotopic (exact) mass is 241 g/mol. The summed E-state index contributed by atoms with van der Waals surface area (Å²) in [6.45, 7) is 10.7. The highest BCUT2D eigenvalue weighted by Crippen LogP contribution is 2.32. The zero-order valence-corrected chi connectivity index (χ0v) is 12.2. The van der Waals surface area contributed by atoms with Gasteiger partial charge in [-0.15, -0.1) is 0 Å². The summed E-state index contributed by atoms with van der Waals surface area (Å²) in [6.07, 6.45) is 8.17. The van der Waals surface area contributed by atoms with Crippen LogP contribution in [0.15, 0.2) is 0 Å². The molecule has 102 valence electrons. The summed E-state index contributed by atoms with van der Waals surface area (Å²) in [5, 5.41) is 3.74. The van der Waals surface area contributed by atoms with Gasteiger partial charge < -0.3 is 10.1 Å². The fraction of sp³-hybridized carbons (Fsp3) is 1.00. The molecule has 1 saturated carbocycles. The van der Waals surface area contributed by atoms with Gasteiger partial charge >= 0.3 is 0 Å². The molecule has 1 aliphatic rings. The third-order valence-electron chi connectivity index (χ3n) is 4.00. The minimum Gasteiger partial charge on any atom is -0.374 e. The molecule has 1 fully saturated rings. The van der Waals surface area contributed by atoms with Crippen molar-refractivity contribution in [3.05, 3.63) is 0 Å². The molecule has 0 bridgehead atoms. The van der Waals surface area contributed by atoms with E-state index in [1.54, 1.807) is 0 Å². The van der Waals surface area contributed by atoms with E-state index in [9.17, 15) is 0 Å². The van der Waals surface area contributed by atoms with E-state index in [2.05, 4.69) is 33.0 Å². The van der Waals surface area contributed by atoms with Gasteiger partial charge in [0.2, 0.25) is 0 Å². The van der Waals surface area contributed by atoms with E-state index in [0.717, 1.165) is 19.1 Å². The van der Waals surface area contributed by atoms with Crippen LogP contribution >= 0.6 is 0 Å². The van der Waals surface area contributed by atoms with Gasteiger partial charge in [-0.1, -0.05) is 26.2 Å². The third kappa shape index (κ3) is 4.59. The van der Waals surface area contributed by atoms with Crippen molar-refractivity contribution in [3.63, 3.8) is 0 Å². The van der Waals surface area contributed by atoms with E-state index in [-0.39, 0.29) is 5.60 Å². The highest BCUT2D eigenvalue weighted by atomic mass is 16.5. The molecule has 1 aliphatic carbocycles. The minimum atomic E-state index is -0.0358. The van der Waals surface area contributed by atoms with Crippen LogP contribution in [-0.2, 0) is 4.74 Å². The Balaban J connectivity index is 2.63. The van der Waals surface area contributed by atoms with Gasteiger partial charge in [0.15, 0.2) is 0 Å². The van der Waals surface area contributed by atoms with Crippen LogP contribution in [0.3, 0.4) is 0 Å². The molecule has 0 radical (unpaired) electrons. The Morgan fingerprint density at radius 3 is 2.35 bits per heavy atom. The van der Waals surface area contributed by atoms with Gasteiger partial charge in [-0.2, -0.15) is 0 Å². The summed E-state index contributed by atoms with van der Waals surface area (Å²) >= 11 is 0. The second kappa shape index (κ2) is 7.38. The predicted octanol–water partition coefficient (Wildman–Crippen LogP) is 3.75. The highest BCUT2D eigenvalue weighted by Gasteiger charge is 2.36. The van der Waals surface area contributed by atoms with Crippen molar-refractivity contribution in [1.82, 2.24) is 5.32 Å². The second-order valence-corrected chi connectivity index (χ2v) is 5.87. The van der Waals surface area contributed by atoms with Crippen molar-refractivity contribution in [2.24, 2.45) is 5.92 Å². The van der Waals surface area contributed by atoms with Crippen molar-refractivity contribution in [3.8, 4) is 0 Å². The fourth-order valence-corrected chi connectivity index (χ4v) is 3.21. The Hall–Kier alpha value is -0.0800. The lowest BCUT2D eigenvalue weighted by Crippen LogP contribution is -2.53. The molecule has 0 aromatic rings. The Labute approximate surface area is 108 Å². The lowest BCUT2D eigenvalue weighted by molar-refractivity contribution is -0.0570. The summed E-state index contributed by atoms with van der Waals surface area (Å²) in [4.78, 5) is 0. The van der Waals surface area contributed by atoms with Crippen LogP contribution in [0, 0.1) is 5.92 Å². The van der Waals surface area contributed by atoms with E-state index in [1.165, 1.54) is 38.5 Å². The Morgan fingerprint density at radius 1 is 1.18 bits per heavy atom. The smallest absolute Gasteiger partial charge is 0.0781 e. The molecular weight excluding hydrogens is 210 g/mol. The molecule has 0 heterocycles. The molecule has 1 N–H and O–H groups in total. The van der Waals surface area contributed by atoms with Gasteiger partial charge in [-0.25, -0.2) is 0 Å². The molecular formula is C15H31NO. The molecule has 1 rings (SSSR count). The molecule has 0 spiro atoms. The molecule has 0 aromatic heterocycles. The van der Waals surface area contributed by atoms with E-state index in [4.69, 9.17) is 4.74 Å². The summed E-state index contributed by atoms with van der Waals surface area (Å²) in [5.74, 6) is 0.803. The van der Waals surface area contributed by atoms with Gasteiger partial charge in [0.1, 0.15) is 0 Å². The number of rotatable bonds is 7. The molecule has 2 heteroatoms. The molecule has 17 heavy (non-hydrogen) atoms. The molecule has 0 saturated heterocycles. The first kappa shape index (κ1) is 15.0. The maximum atomic E-state index is 5.98. The molecule has 1 unspecified atom stereocenters. The molecule has 0 aliphatic heterocycles. The van der Waals surface area contributed by atoms with Gasteiger partial charge in [-0.05, 0) is 52.5 Å². The quantitative estimate of drug-likeness (QED) is 0.733. The number of nitrogens with one attached hydrogen (secondary N) is 1. The average Bonchev–Trinajstić information content (AvgIpc) is 2.30. The zero-order valence-electron chi connectivity index (χ0n) is 12.2. The van der Waals surface area contributed by atoms with Crippen LogP contribution in [0.5, 0.6) is 0 Å². The molecule has 0 aromatic carbocycles. The zero-order chi connectivity index (χ0) is 12.7. The van der Waals surface area contributed by atoms with Crippen LogP contribution in [0.4, 0.5) is 0 Å². The lowest BCUT2D eigenvalue weighted by Gasteiger charge is -2.41. The third-order valence-corrected chi connectivity index (χ3v) is 4.00. The van der Waals surface area contributed by atoms with E-state index in [0.29, 0.717) is 6.04 Å². The number of hydrogen-bond donors (Lipinski definition) is 1. The van der Waals surface area contributed by atoms with Crippen molar-refractivity contribution in [2.75, 3.05) is 13.2 Å². The fourth-order valence-electron chi connectivity index (χ4n) is 3.21. The highest BCUT2D eigenvalue weighted by molar-refractivity contribution is 4.92. The second-order valence-electron chi connectivity index (χ2n) is 5.87. The normalized spacial score (nSPS) is 20.5. The lowest BCUT2D eigenvalue weighted by atomic mass is 9.77. The molecule has 0 amide bonds. The van der Waals surface area contributed by atoms with Gasteiger partial charge in [0, 0.05) is 12.6 Å². The SMILES string of the molecule is CCCNC(C1CCCCC1)C(C)(C)OCC. The van der Waals surface area contributed by atoms with E-state index < -0.39 is 0 Å². The van der Waals surface area contributed by atoms with Crippen molar-refractivity contribution >= 4 is 0 Å². The Bertz CT molecular complexity index is 197. The van der Waals surface area contributed by atoms with Crippen LogP contribution in [0.1, 0.15) is 66.2 Å². The van der Waals surface area contributed by atoms with Gasteiger partial charge in [-0.3, -0.25) is 0 Å². The van der Waals surface area contributed by atoms with Crippen molar-refractivity contribution < 1.29 is 4.74 Å². The topological polar surface area (TPSA) is 21.3 Å². The van der Waals surface area contributed by atoms with Crippen molar-refractivity contribution in [1.29, 1.82) is 0 Å². The van der Waals surface area contributed by atoms with Crippen LogP contribution < -0.4 is 5.32 Å². The summed E-state index contributed by atoms with van der Waals surface area (Å²) in [5.41, 5.74) is -0.0358. The largest absolute Gasteiger partial charge is 0.374 e. The van der Waals surface area contributed by atoms with Crippen LogP contribution in [0.2, 0.25) is 0 Å². The number of hydrogen-bond acceptors (Lipinski definition) is 2. The summed E-state index contributed by atoms with van der Waals surface area (Å²) < 4.78 is 5.98. The minimum absolute atomic E-state index is 0.0358. The maximum Gasteiger partial charge on any atom is 0.0781 e. The summed E-state index contributed by atoms with van der Waals surface area (Å²) in [7, 11) is 0.